The van der Waals surface area contributed by atoms with Crippen LogP contribution >= 0.6 is 0 Å². The van der Waals surface area contributed by atoms with E-state index in [1.807, 2.05) is 32.9 Å². The van der Waals surface area contributed by atoms with Crippen molar-refractivity contribution in [3.8, 4) is 0 Å². The Labute approximate surface area is 173 Å². The second-order valence-corrected chi connectivity index (χ2v) is 8.49. The van der Waals surface area contributed by atoms with Gasteiger partial charge in [0, 0.05) is 38.7 Å². The number of nitrogens with one attached hydrogen (secondary N) is 3. The van der Waals surface area contributed by atoms with Crippen LogP contribution in [0.2, 0.25) is 0 Å². The van der Waals surface area contributed by atoms with E-state index in [0.29, 0.717) is 23.9 Å². The van der Waals surface area contributed by atoms with Crippen LogP contribution < -0.4 is 15.4 Å². The van der Waals surface area contributed by atoms with Crippen LogP contribution in [-0.2, 0) is 29.4 Å². The number of nitrogens with zero attached hydrogens (tertiary/aromatic N) is 2. The molecule has 29 heavy (non-hydrogen) atoms. The molecule has 1 heterocycles. The maximum Gasteiger partial charge on any atom is 0.240 e. The number of hydrogen-bond acceptors (Lipinski definition) is 5. The van der Waals surface area contributed by atoms with E-state index in [0.717, 1.165) is 41.0 Å². The number of guanidine groups is 1. The van der Waals surface area contributed by atoms with E-state index in [9.17, 15) is 8.42 Å². The van der Waals surface area contributed by atoms with Gasteiger partial charge in [-0.15, -0.1) is 0 Å². The Bertz CT molecular complexity index is 930. The summed E-state index contributed by atoms with van der Waals surface area (Å²) in [4.78, 5) is 4.49. The van der Waals surface area contributed by atoms with Crippen molar-refractivity contribution in [3.63, 3.8) is 0 Å². The normalized spacial score (nSPS) is 12.2. The van der Waals surface area contributed by atoms with E-state index in [4.69, 9.17) is 4.52 Å². The molecular formula is C20H31N5O3S. The zero-order valence-corrected chi connectivity index (χ0v) is 18.6. The largest absolute Gasteiger partial charge is 0.361 e. The quantitative estimate of drug-likeness (QED) is 0.325. The van der Waals surface area contributed by atoms with Gasteiger partial charge in [-0.05, 0) is 37.5 Å². The average molecular weight is 422 g/mol. The molecular weight excluding hydrogens is 390 g/mol. The predicted molar refractivity (Wildman–Crippen MR) is 115 cm³/mol. The molecule has 0 aliphatic carbocycles. The number of aryl methyl sites for hydroxylation is 4. The minimum Gasteiger partial charge on any atom is -0.361 e. The van der Waals surface area contributed by atoms with Gasteiger partial charge in [0.2, 0.25) is 10.0 Å². The second-order valence-electron chi connectivity index (χ2n) is 6.76. The van der Waals surface area contributed by atoms with Crippen LogP contribution in [0.5, 0.6) is 0 Å². The fourth-order valence-corrected chi connectivity index (χ4v) is 4.33. The average Bonchev–Trinajstić information content (AvgIpc) is 3.11. The van der Waals surface area contributed by atoms with E-state index in [1.54, 1.807) is 20.0 Å². The summed E-state index contributed by atoms with van der Waals surface area (Å²) in [5, 5.41) is 10.4. The molecule has 2 aromatic rings. The van der Waals surface area contributed by atoms with E-state index in [2.05, 4.69) is 25.5 Å². The molecule has 8 nitrogen and oxygen atoms in total. The zero-order chi connectivity index (χ0) is 21.4. The van der Waals surface area contributed by atoms with Crippen LogP contribution in [0.1, 0.15) is 42.0 Å². The molecule has 0 spiro atoms. The molecule has 0 fully saturated rings. The van der Waals surface area contributed by atoms with Crippen molar-refractivity contribution in [1.29, 1.82) is 0 Å². The minimum atomic E-state index is -3.55. The Balaban J connectivity index is 1.87. The van der Waals surface area contributed by atoms with Gasteiger partial charge in [-0.25, -0.2) is 13.1 Å². The van der Waals surface area contributed by atoms with Gasteiger partial charge in [-0.2, -0.15) is 0 Å². The van der Waals surface area contributed by atoms with Crippen LogP contribution in [0.25, 0.3) is 0 Å². The molecule has 1 aromatic carbocycles. The summed E-state index contributed by atoms with van der Waals surface area (Å²) in [5.41, 5.74) is 3.62. The third kappa shape index (κ3) is 6.04. The molecule has 0 radical (unpaired) electrons. The first-order chi connectivity index (χ1) is 13.8. The highest BCUT2D eigenvalue weighted by Crippen LogP contribution is 2.16. The summed E-state index contributed by atoms with van der Waals surface area (Å²) in [7, 11) is -1.88. The molecule has 0 saturated carbocycles. The smallest absolute Gasteiger partial charge is 0.240 e. The van der Waals surface area contributed by atoms with Crippen molar-refractivity contribution in [3.05, 3.63) is 46.3 Å². The number of aromatic nitrogens is 1. The van der Waals surface area contributed by atoms with E-state index >= 15 is 0 Å². The highest BCUT2D eigenvalue weighted by Gasteiger charge is 2.17. The first kappa shape index (κ1) is 22.9. The Morgan fingerprint density at radius 1 is 1.14 bits per heavy atom. The Kier molecular flexibility index (Phi) is 8.21. The lowest BCUT2D eigenvalue weighted by atomic mass is 10.1. The molecule has 0 saturated heterocycles. The lowest BCUT2D eigenvalue weighted by Gasteiger charge is -2.13. The van der Waals surface area contributed by atoms with E-state index in [1.165, 1.54) is 0 Å². The van der Waals surface area contributed by atoms with Crippen LogP contribution in [0.15, 0.2) is 32.6 Å². The first-order valence-electron chi connectivity index (χ1n) is 9.80. The second kappa shape index (κ2) is 10.4. The first-order valence-corrected chi connectivity index (χ1v) is 11.3. The van der Waals surface area contributed by atoms with E-state index < -0.39 is 10.0 Å². The highest BCUT2D eigenvalue weighted by molar-refractivity contribution is 7.89. The van der Waals surface area contributed by atoms with Gasteiger partial charge < -0.3 is 15.2 Å². The van der Waals surface area contributed by atoms with Gasteiger partial charge in [0.25, 0.3) is 0 Å². The van der Waals surface area contributed by atoms with Gasteiger partial charge in [-0.3, -0.25) is 4.99 Å². The van der Waals surface area contributed by atoms with Crippen LogP contribution in [0.4, 0.5) is 0 Å². The number of benzene rings is 1. The van der Waals surface area contributed by atoms with Crippen LogP contribution in [0, 0.1) is 13.8 Å². The van der Waals surface area contributed by atoms with Gasteiger partial charge in [0.15, 0.2) is 5.96 Å². The standard InChI is InChI=1S/C20H31N5O3S/c1-6-17-16(18(7-2)28-25-17)13-23-20(21-5)22-10-11-24-29(26,27)19-12-14(3)8-9-15(19)4/h8-9,12,24H,6-7,10-11,13H2,1-5H3,(H2,21,22,23). The van der Waals surface area contributed by atoms with Crippen molar-refractivity contribution >= 4 is 16.0 Å². The van der Waals surface area contributed by atoms with Crippen LogP contribution in [-0.4, -0.2) is 39.7 Å². The lowest BCUT2D eigenvalue weighted by Crippen LogP contribution is -2.41. The van der Waals surface area contributed by atoms with Crippen LogP contribution in [0.3, 0.4) is 0 Å². The summed E-state index contributed by atoms with van der Waals surface area (Å²) in [5.74, 6) is 1.45. The van der Waals surface area contributed by atoms with Crippen molar-refractivity contribution < 1.29 is 12.9 Å². The zero-order valence-electron chi connectivity index (χ0n) is 17.8. The van der Waals surface area contributed by atoms with E-state index in [-0.39, 0.29) is 6.54 Å². The third-order valence-corrected chi connectivity index (χ3v) is 6.21. The molecule has 0 amide bonds. The molecule has 0 aliphatic rings. The number of hydrogen-bond donors (Lipinski definition) is 3. The maximum atomic E-state index is 12.5. The SMILES string of the molecule is CCc1noc(CC)c1CNC(=NC)NCCNS(=O)(=O)c1cc(C)ccc1C. The van der Waals surface area contributed by atoms with Gasteiger partial charge >= 0.3 is 0 Å². The Morgan fingerprint density at radius 2 is 1.90 bits per heavy atom. The predicted octanol–water partition coefficient (Wildman–Crippen LogP) is 2.06. The summed E-state index contributed by atoms with van der Waals surface area (Å²) in [6.45, 7) is 8.91. The van der Waals surface area contributed by atoms with Crippen molar-refractivity contribution in [1.82, 2.24) is 20.5 Å². The molecule has 2 rings (SSSR count). The van der Waals surface area contributed by atoms with Gasteiger partial charge in [-0.1, -0.05) is 31.1 Å². The summed E-state index contributed by atoms with van der Waals surface area (Å²) < 4.78 is 33.1. The maximum absolute atomic E-state index is 12.5. The van der Waals surface area contributed by atoms with Crippen molar-refractivity contribution in [2.75, 3.05) is 20.1 Å². The Hall–Kier alpha value is -2.39. The number of aliphatic imine (C=N–C) groups is 1. The lowest BCUT2D eigenvalue weighted by molar-refractivity contribution is 0.380. The summed E-state index contributed by atoms with van der Waals surface area (Å²) in [6.07, 6.45) is 1.57. The fraction of sp³-hybridized carbons (Fsp3) is 0.500. The molecule has 0 bridgehead atoms. The molecule has 0 unspecified atom stereocenters. The van der Waals surface area contributed by atoms with Gasteiger partial charge in [0.1, 0.15) is 5.76 Å². The minimum absolute atomic E-state index is 0.240. The molecule has 1 aromatic heterocycles. The number of sulfonamides is 1. The molecule has 0 aliphatic heterocycles. The molecule has 160 valence electrons. The van der Waals surface area contributed by atoms with Crippen molar-refractivity contribution in [2.45, 2.75) is 52.0 Å². The third-order valence-electron chi connectivity index (χ3n) is 4.61. The Morgan fingerprint density at radius 3 is 2.55 bits per heavy atom. The topological polar surface area (TPSA) is 109 Å². The monoisotopic (exact) mass is 421 g/mol. The summed E-state index contributed by atoms with van der Waals surface area (Å²) in [6, 6.07) is 5.39. The molecule has 0 atom stereocenters. The number of rotatable bonds is 9. The molecule has 9 heteroatoms. The fourth-order valence-electron chi connectivity index (χ4n) is 2.97. The van der Waals surface area contributed by atoms with Gasteiger partial charge in [0.05, 0.1) is 10.6 Å². The molecule has 3 N–H and O–H groups in total. The highest BCUT2D eigenvalue weighted by atomic mass is 32.2. The summed E-state index contributed by atoms with van der Waals surface area (Å²) >= 11 is 0. The van der Waals surface area contributed by atoms with Crippen molar-refractivity contribution in [2.24, 2.45) is 4.99 Å².